The summed E-state index contributed by atoms with van der Waals surface area (Å²) in [6.45, 7) is 21.4. The van der Waals surface area contributed by atoms with Gasteiger partial charge in [-0.3, -0.25) is 29.1 Å². The van der Waals surface area contributed by atoms with Crippen LogP contribution in [0.4, 0.5) is 22.6 Å². The van der Waals surface area contributed by atoms with Gasteiger partial charge in [0.15, 0.2) is 0 Å². The summed E-state index contributed by atoms with van der Waals surface area (Å²) in [7, 11) is 1.57. The van der Waals surface area contributed by atoms with Crippen LogP contribution in [-0.4, -0.2) is 334 Å². The number of rotatable bonds is 54. The SMILES string of the molecule is CC[C@H](C)[C@H](N)c1cn([C@@H](Cc2ccc(O)cc2)C(=O)N2CCN(c3nc(NCCOCCOCCOCc4cn(CCOCCOCCOCCOCCOCCNC(=O)CN5CCN(C(=O)N6C(c7ccc(OC)cc7OC(C)C)=N[C@@H](c7ccc(Cl)cc7)[C@H]6c6ccc(Cl)cc6)CC5=O)nn4)nc(N4CCN(C(=O)[C@H](Cc5ccc(O)cc5)n5cc([C@@H](N)[C@@H](C)CC)nn5)CC4)n3)CC2)nn1. The fourth-order valence-corrected chi connectivity index (χ4v) is 16.4. The number of hydrogen-bond acceptors (Lipinski definition) is 32. The molecule has 0 spiro atoms. The first-order valence-corrected chi connectivity index (χ1v) is 48.3. The third kappa shape index (κ3) is 30.1. The van der Waals surface area contributed by atoms with Gasteiger partial charge in [-0.05, 0) is 109 Å². The van der Waals surface area contributed by atoms with Crippen molar-refractivity contribution in [2.45, 2.75) is 123 Å². The normalized spacial score (nSPS) is 16.6. The summed E-state index contributed by atoms with van der Waals surface area (Å²) in [5.41, 5.74) is 18.9. The van der Waals surface area contributed by atoms with Gasteiger partial charge in [0.1, 0.15) is 59.2 Å². The summed E-state index contributed by atoms with van der Waals surface area (Å²) in [6, 6.07) is 29.6. The number of nitrogens with zero attached hydrogens (tertiary/aromatic N) is 20. The Kier molecular flexibility index (Phi) is 39.8. The van der Waals surface area contributed by atoms with Gasteiger partial charge in [0.25, 0.3) is 0 Å². The molecule has 43 heteroatoms. The number of anilines is 3. The standard InChI is InChI=1S/C96H130Cl2N24O17/c1-8-66(5)86(99)79-60-120(111-108-79)81(56-68-10-22-75(123)23-11-68)91(127)113-30-34-115(35-31-113)94-104-93(105-95(106-94)116-36-32-114(33-37-116)92(128)82(57-69-12-24-76(124)25-13-69)121-61-80(109-112-121)87(100)67(6)9-2)102-29-42-132-45-48-137-54-55-138-64-74-59-119(110-107-74)40-43-133-46-49-135-51-53-136-52-50-134-47-44-131-41-28-101-84(125)62-117-38-39-118(63-85(117)126)96(129)122-89(71-16-20-73(98)21-17-71)88(70-14-18-72(97)19-15-70)103-90(122)78-27-26-77(130-7)58-83(78)139-65(3)4/h10-27,58-61,65-67,81-82,86-89,123-124H,8-9,28-57,62-64,99-100H2,1-7H3,(H,101,125)(H,102,104,105,106)/t66-,67-,81-,82-,86-,87-,88-,89+/m0/s1. The lowest BCUT2D eigenvalue weighted by atomic mass is 9.93. The molecule has 8 atom stereocenters. The number of ether oxygens (including phenoxy) is 10. The summed E-state index contributed by atoms with van der Waals surface area (Å²) >= 11 is 12.8. The predicted octanol–water partition coefficient (Wildman–Crippen LogP) is 7.89. The molecule has 0 unspecified atom stereocenters. The highest BCUT2D eigenvalue weighted by Crippen LogP contribution is 2.47. The second kappa shape index (κ2) is 52.9. The Balaban J connectivity index is 0.472. The van der Waals surface area contributed by atoms with Crippen LogP contribution in [0.25, 0.3) is 0 Å². The number of phenolic OH excluding ortho intramolecular Hbond substituents is 2. The molecule has 0 radical (unpaired) electrons. The molecule has 750 valence electrons. The van der Waals surface area contributed by atoms with Gasteiger partial charge in [-0.2, -0.15) is 15.0 Å². The van der Waals surface area contributed by atoms with Crippen LogP contribution in [0, 0.1) is 11.8 Å². The zero-order valence-corrected chi connectivity index (χ0v) is 81.5. The highest BCUT2D eigenvalue weighted by atomic mass is 35.5. The number of methoxy groups -OCH3 is 1. The van der Waals surface area contributed by atoms with E-state index in [0.29, 0.717) is 239 Å². The average Bonchev–Trinajstić information content (AvgIpc) is 1.59. The van der Waals surface area contributed by atoms with E-state index in [-0.39, 0.29) is 111 Å². The maximum Gasteiger partial charge on any atom is 0.326 e. The van der Waals surface area contributed by atoms with E-state index in [9.17, 15) is 29.4 Å². The predicted molar refractivity (Wildman–Crippen MR) is 518 cm³/mol. The molecule has 3 saturated heterocycles. The van der Waals surface area contributed by atoms with E-state index >= 15 is 4.79 Å². The minimum absolute atomic E-state index is 0.122. The van der Waals surface area contributed by atoms with Crippen LogP contribution in [0.15, 0.2) is 139 Å². The van der Waals surface area contributed by atoms with Crippen molar-refractivity contribution < 1.29 is 81.6 Å². The van der Waals surface area contributed by atoms with Crippen molar-refractivity contribution >= 4 is 76.5 Å². The van der Waals surface area contributed by atoms with E-state index in [0.717, 1.165) is 35.1 Å². The molecule has 9 aromatic rings. The Morgan fingerprint density at radius 2 is 1.00 bits per heavy atom. The molecule has 4 aliphatic heterocycles. The van der Waals surface area contributed by atoms with E-state index in [1.54, 1.807) is 123 Å². The topological polar surface area (TPSA) is 460 Å². The molecule has 139 heavy (non-hydrogen) atoms. The van der Waals surface area contributed by atoms with Gasteiger partial charge < -0.3 is 109 Å². The third-order valence-electron chi connectivity index (χ3n) is 24.6. The van der Waals surface area contributed by atoms with Gasteiger partial charge in [-0.1, -0.05) is 128 Å². The summed E-state index contributed by atoms with van der Waals surface area (Å²) in [5, 5.41) is 53.6. The Hall–Kier alpha value is -11.9. The number of aliphatic imine (C=N–C) groups is 1. The largest absolute Gasteiger partial charge is 0.508 e. The minimum Gasteiger partial charge on any atom is -0.508 e. The smallest absolute Gasteiger partial charge is 0.326 e. The summed E-state index contributed by atoms with van der Waals surface area (Å²) in [6.07, 6.45) is 7.43. The van der Waals surface area contributed by atoms with Crippen molar-refractivity contribution in [1.82, 2.24) is 89.7 Å². The van der Waals surface area contributed by atoms with Crippen molar-refractivity contribution in [3.8, 4) is 23.0 Å². The molecule has 0 aliphatic carbocycles. The number of amidine groups is 1. The highest BCUT2D eigenvalue weighted by Gasteiger charge is 2.47. The lowest BCUT2D eigenvalue weighted by Crippen LogP contribution is -2.57. The fourth-order valence-electron chi connectivity index (χ4n) is 16.2. The van der Waals surface area contributed by atoms with E-state index in [1.807, 2.05) is 70.0 Å². The van der Waals surface area contributed by atoms with E-state index in [4.69, 9.17) is 102 Å². The van der Waals surface area contributed by atoms with Crippen LogP contribution in [0.2, 0.25) is 10.0 Å². The summed E-state index contributed by atoms with van der Waals surface area (Å²) in [4.78, 5) is 104. The van der Waals surface area contributed by atoms with Crippen LogP contribution >= 0.6 is 23.2 Å². The number of halogens is 2. The third-order valence-corrected chi connectivity index (χ3v) is 25.1. The molecule has 3 fully saturated rings. The van der Waals surface area contributed by atoms with Gasteiger partial charge in [0, 0.05) is 107 Å². The molecular formula is C96H130Cl2N24O17. The van der Waals surface area contributed by atoms with Crippen molar-refractivity contribution in [2.75, 3.05) is 213 Å². The van der Waals surface area contributed by atoms with Crippen molar-refractivity contribution in [3.63, 3.8) is 0 Å². The van der Waals surface area contributed by atoms with Crippen LogP contribution in [-0.2, 0) is 83.1 Å². The average molecular weight is 1960 g/mol. The van der Waals surface area contributed by atoms with E-state index in [2.05, 4.69) is 69.3 Å². The number of hydrogen-bond donors (Lipinski definition) is 6. The first-order valence-electron chi connectivity index (χ1n) is 47.5. The highest BCUT2D eigenvalue weighted by molar-refractivity contribution is 6.31. The lowest BCUT2D eigenvalue weighted by molar-refractivity contribution is -0.139. The van der Waals surface area contributed by atoms with Gasteiger partial charge in [-0.15, -0.1) is 15.3 Å². The summed E-state index contributed by atoms with van der Waals surface area (Å²) in [5.74, 6) is 2.05. The van der Waals surface area contributed by atoms with Crippen LogP contribution in [0.5, 0.6) is 23.0 Å². The molecule has 0 saturated carbocycles. The minimum atomic E-state index is -0.739. The molecule has 6 amide bonds. The number of aromatic hydroxyl groups is 2. The van der Waals surface area contributed by atoms with Crippen LogP contribution in [0.3, 0.4) is 0 Å². The summed E-state index contributed by atoms with van der Waals surface area (Å²) < 4.78 is 62.8. The Morgan fingerprint density at radius 3 is 1.49 bits per heavy atom. The molecule has 4 aromatic heterocycles. The van der Waals surface area contributed by atoms with Crippen LogP contribution < -0.4 is 41.4 Å². The molecule has 41 nitrogen and oxygen atoms in total. The Labute approximate surface area is 819 Å². The zero-order valence-electron chi connectivity index (χ0n) is 80.0. The Morgan fingerprint density at radius 1 is 0.525 bits per heavy atom. The number of urea groups is 1. The lowest BCUT2D eigenvalue weighted by Gasteiger charge is -2.38. The number of amides is 6. The molecule has 4 aliphatic rings. The van der Waals surface area contributed by atoms with Gasteiger partial charge in [0.05, 0.1) is 186 Å². The number of carbonyl (C=O) groups excluding carboxylic acids is 5. The van der Waals surface area contributed by atoms with Gasteiger partial charge >= 0.3 is 6.03 Å². The molecular weight excluding hydrogens is 1830 g/mol. The number of piperazine rings is 3. The second-order valence-electron chi connectivity index (χ2n) is 34.7. The number of benzene rings is 5. The molecule has 5 aromatic carbocycles. The van der Waals surface area contributed by atoms with E-state index < -0.39 is 30.2 Å². The fraction of sp³-hybridized carbons (Fsp3) is 0.531. The monoisotopic (exact) mass is 1960 g/mol. The molecule has 0 bridgehead atoms. The molecule has 13 rings (SSSR count). The van der Waals surface area contributed by atoms with Crippen molar-refractivity contribution in [2.24, 2.45) is 28.3 Å². The maximum absolute atomic E-state index is 15.1. The molecule has 8 N–H and O–H groups in total. The van der Waals surface area contributed by atoms with Gasteiger partial charge in [-0.25, -0.2) is 18.8 Å². The number of nitrogens with one attached hydrogen (secondary N) is 2. The molecule has 8 heterocycles. The van der Waals surface area contributed by atoms with Gasteiger partial charge in [0.2, 0.25) is 41.5 Å². The quantitative estimate of drug-likeness (QED) is 0.0197. The van der Waals surface area contributed by atoms with Crippen molar-refractivity contribution in [1.29, 1.82) is 0 Å². The zero-order chi connectivity index (χ0) is 98.1. The van der Waals surface area contributed by atoms with E-state index in [1.165, 1.54) is 9.80 Å². The second-order valence-corrected chi connectivity index (χ2v) is 35.6. The Bertz CT molecular complexity index is 5230. The number of phenols is 2. The van der Waals surface area contributed by atoms with Crippen LogP contribution in [0.1, 0.15) is 136 Å². The number of carbonyl (C=O) groups is 5. The first kappa shape index (κ1) is 104. The number of aromatic nitrogens is 12. The number of nitrogens with two attached hydrogens (primary N) is 2. The van der Waals surface area contributed by atoms with Crippen molar-refractivity contribution in [3.05, 3.63) is 189 Å². The maximum atomic E-state index is 15.1. The first-order chi connectivity index (χ1) is 67.5.